The zero-order chi connectivity index (χ0) is 17.0. The number of nitrogens with one attached hydrogen (secondary N) is 1. The van der Waals surface area contributed by atoms with E-state index in [1.54, 1.807) is 6.07 Å². The van der Waals surface area contributed by atoms with Gasteiger partial charge in [0.15, 0.2) is 11.5 Å². The highest BCUT2D eigenvalue weighted by Gasteiger charge is 2.31. The van der Waals surface area contributed by atoms with Crippen LogP contribution in [0, 0.1) is 0 Å². The lowest BCUT2D eigenvalue weighted by Crippen LogP contribution is -2.21. The number of pyridine rings is 1. The van der Waals surface area contributed by atoms with Crippen molar-refractivity contribution in [1.82, 2.24) is 14.7 Å². The van der Waals surface area contributed by atoms with Gasteiger partial charge < -0.3 is 19.2 Å². The first-order valence-corrected chi connectivity index (χ1v) is 8.40. The third-order valence-corrected chi connectivity index (χ3v) is 5.01. The summed E-state index contributed by atoms with van der Waals surface area (Å²) in [6.45, 7) is 0.593. The molecular weight excluding hydrogens is 342 g/mol. The summed E-state index contributed by atoms with van der Waals surface area (Å²) in [5.74, 6) is 1.04. The van der Waals surface area contributed by atoms with Crippen molar-refractivity contribution in [2.75, 3.05) is 6.79 Å². The molecule has 1 aromatic carbocycles. The molecule has 7 heteroatoms. The molecule has 25 heavy (non-hydrogen) atoms. The summed E-state index contributed by atoms with van der Waals surface area (Å²) in [6, 6.07) is 9.48. The van der Waals surface area contributed by atoms with Crippen LogP contribution in [0.15, 0.2) is 36.5 Å². The fourth-order valence-electron chi connectivity index (χ4n) is 3.56. The van der Waals surface area contributed by atoms with Crippen molar-refractivity contribution in [3.05, 3.63) is 58.5 Å². The van der Waals surface area contributed by atoms with Crippen LogP contribution in [0.4, 0.5) is 0 Å². The number of ether oxygens (including phenoxy) is 2. The molecule has 4 heterocycles. The minimum Gasteiger partial charge on any atom is -0.454 e. The van der Waals surface area contributed by atoms with E-state index in [1.807, 2.05) is 34.9 Å². The second-order valence-corrected chi connectivity index (χ2v) is 6.54. The standard InChI is InChI=1S/C18H14ClN3O3/c19-12-7-15-14(24-9-25-15)5-10(12)11-6-17(23)20-8-13-18(11)22-4-2-1-3-16(22)21-13/h1-5,7,11H,6,8-9H2,(H,20,23)/t11-/m0/s1. The first-order valence-electron chi connectivity index (χ1n) is 8.02. The monoisotopic (exact) mass is 355 g/mol. The molecule has 0 unspecified atom stereocenters. The summed E-state index contributed by atoms with van der Waals surface area (Å²) >= 11 is 6.53. The Morgan fingerprint density at radius 3 is 2.96 bits per heavy atom. The molecule has 0 spiro atoms. The average molecular weight is 356 g/mol. The zero-order valence-corrected chi connectivity index (χ0v) is 13.9. The number of hydrogen-bond acceptors (Lipinski definition) is 4. The maximum Gasteiger partial charge on any atom is 0.231 e. The number of halogens is 1. The highest BCUT2D eigenvalue weighted by Crippen LogP contribution is 2.43. The Morgan fingerprint density at radius 1 is 1.24 bits per heavy atom. The maximum absolute atomic E-state index is 12.3. The highest BCUT2D eigenvalue weighted by molar-refractivity contribution is 6.31. The van der Waals surface area contributed by atoms with Gasteiger partial charge in [0.2, 0.25) is 12.7 Å². The molecule has 5 rings (SSSR count). The van der Waals surface area contributed by atoms with E-state index in [0.717, 1.165) is 22.6 Å². The molecule has 0 radical (unpaired) electrons. The van der Waals surface area contributed by atoms with Crippen molar-refractivity contribution < 1.29 is 14.3 Å². The Hall–Kier alpha value is -2.73. The fourth-order valence-corrected chi connectivity index (χ4v) is 3.84. The van der Waals surface area contributed by atoms with Crippen molar-refractivity contribution >= 4 is 23.2 Å². The van der Waals surface area contributed by atoms with Crippen molar-refractivity contribution in [2.45, 2.75) is 18.9 Å². The van der Waals surface area contributed by atoms with Gasteiger partial charge in [-0.2, -0.15) is 0 Å². The molecule has 3 aromatic rings. The lowest BCUT2D eigenvalue weighted by molar-refractivity contribution is -0.121. The van der Waals surface area contributed by atoms with Crippen LogP contribution < -0.4 is 14.8 Å². The number of rotatable bonds is 1. The van der Waals surface area contributed by atoms with Gasteiger partial charge in [0.05, 0.1) is 17.9 Å². The summed E-state index contributed by atoms with van der Waals surface area (Å²) in [5, 5.41) is 3.48. The van der Waals surface area contributed by atoms with Crippen molar-refractivity contribution in [3.8, 4) is 11.5 Å². The minimum absolute atomic E-state index is 0.0265. The molecule has 0 fully saturated rings. The zero-order valence-electron chi connectivity index (χ0n) is 13.2. The highest BCUT2D eigenvalue weighted by atomic mass is 35.5. The Bertz CT molecular complexity index is 1010. The number of hydrogen-bond donors (Lipinski definition) is 1. The van der Waals surface area contributed by atoms with Gasteiger partial charge in [-0.1, -0.05) is 17.7 Å². The van der Waals surface area contributed by atoms with Crippen LogP contribution in [0.3, 0.4) is 0 Å². The first kappa shape index (κ1) is 14.6. The van der Waals surface area contributed by atoms with Crippen molar-refractivity contribution in [3.63, 3.8) is 0 Å². The van der Waals surface area contributed by atoms with E-state index in [-0.39, 0.29) is 18.6 Å². The molecule has 0 aliphatic carbocycles. The van der Waals surface area contributed by atoms with Crippen LogP contribution in [0.2, 0.25) is 5.02 Å². The number of amides is 1. The number of aromatic nitrogens is 2. The van der Waals surface area contributed by atoms with Gasteiger partial charge in [-0.15, -0.1) is 0 Å². The summed E-state index contributed by atoms with van der Waals surface area (Å²) in [7, 11) is 0. The number of carbonyl (C=O) groups is 1. The van der Waals surface area contributed by atoms with Crippen LogP contribution in [0.25, 0.3) is 5.65 Å². The Balaban J connectivity index is 1.74. The van der Waals surface area contributed by atoms with Gasteiger partial charge in [0.1, 0.15) is 5.65 Å². The summed E-state index contributed by atoms with van der Waals surface area (Å²) < 4.78 is 12.9. The van der Waals surface area contributed by atoms with Crippen molar-refractivity contribution in [1.29, 1.82) is 0 Å². The van der Waals surface area contributed by atoms with Gasteiger partial charge in [0, 0.05) is 29.6 Å². The second-order valence-electron chi connectivity index (χ2n) is 6.13. The van der Waals surface area contributed by atoms with Crippen LogP contribution in [0.5, 0.6) is 11.5 Å². The molecule has 2 aliphatic rings. The minimum atomic E-state index is -0.211. The van der Waals surface area contributed by atoms with Gasteiger partial charge >= 0.3 is 0 Å². The molecule has 126 valence electrons. The van der Waals surface area contributed by atoms with Gasteiger partial charge in [-0.3, -0.25) is 4.79 Å². The summed E-state index contributed by atoms with van der Waals surface area (Å²) in [6.07, 6.45) is 2.26. The molecule has 0 bridgehead atoms. The van der Waals surface area contributed by atoms with Crippen LogP contribution >= 0.6 is 11.6 Å². The van der Waals surface area contributed by atoms with Gasteiger partial charge in [-0.05, 0) is 23.8 Å². The number of carbonyl (C=O) groups excluding carboxylic acids is 1. The fraction of sp³-hybridized carbons (Fsp3) is 0.222. The van der Waals surface area contributed by atoms with E-state index in [1.165, 1.54) is 0 Å². The lowest BCUT2D eigenvalue weighted by atomic mass is 9.91. The molecule has 0 saturated carbocycles. The van der Waals surface area contributed by atoms with E-state index < -0.39 is 0 Å². The molecule has 2 aliphatic heterocycles. The van der Waals surface area contributed by atoms with E-state index in [0.29, 0.717) is 29.5 Å². The molecule has 1 amide bonds. The van der Waals surface area contributed by atoms with E-state index >= 15 is 0 Å². The first-order chi connectivity index (χ1) is 12.2. The normalized spacial score (nSPS) is 18.8. The maximum atomic E-state index is 12.3. The Kier molecular flexibility index (Phi) is 3.15. The largest absolute Gasteiger partial charge is 0.454 e. The van der Waals surface area contributed by atoms with Crippen LogP contribution in [-0.2, 0) is 11.3 Å². The number of benzene rings is 1. The third kappa shape index (κ3) is 2.25. The number of fused-ring (bicyclic) bond motifs is 4. The Labute approximate surface area is 148 Å². The van der Waals surface area contributed by atoms with Gasteiger partial charge in [-0.25, -0.2) is 4.98 Å². The molecule has 1 atom stereocenters. The molecule has 2 aromatic heterocycles. The average Bonchev–Trinajstić information content (AvgIpc) is 3.17. The summed E-state index contributed by atoms with van der Waals surface area (Å²) in [5.41, 5.74) is 3.53. The predicted molar refractivity (Wildman–Crippen MR) is 91.1 cm³/mol. The molecular formula is C18H14ClN3O3. The van der Waals surface area contributed by atoms with Crippen LogP contribution in [0.1, 0.15) is 29.3 Å². The van der Waals surface area contributed by atoms with E-state index in [2.05, 4.69) is 10.3 Å². The molecule has 1 N–H and O–H groups in total. The van der Waals surface area contributed by atoms with Crippen LogP contribution in [-0.4, -0.2) is 22.1 Å². The quantitative estimate of drug-likeness (QED) is 0.729. The lowest BCUT2D eigenvalue weighted by Gasteiger charge is -2.17. The van der Waals surface area contributed by atoms with E-state index in [4.69, 9.17) is 21.1 Å². The van der Waals surface area contributed by atoms with Crippen molar-refractivity contribution in [2.24, 2.45) is 0 Å². The van der Waals surface area contributed by atoms with E-state index in [9.17, 15) is 4.79 Å². The topological polar surface area (TPSA) is 64.9 Å². The summed E-state index contributed by atoms with van der Waals surface area (Å²) in [4.78, 5) is 16.9. The predicted octanol–water partition coefficient (Wildman–Crippen LogP) is 2.87. The number of imidazole rings is 1. The SMILES string of the molecule is O=C1C[C@@H](c2cc3c(cc2Cl)OCO3)c2c(nc3ccccn23)CN1. The smallest absolute Gasteiger partial charge is 0.231 e. The number of nitrogens with zero attached hydrogens (tertiary/aromatic N) is 2. The molecule has 6 nitrogen and oxygen atoms in total. The third-order valence-electron chi connectivity index (χ3n) is 4.68. The Morgan fingerprint density at radius 2 is 2.08 bits per heavy atom. The van der Waals surface area contributed by atoms with Gasteiger partial charge in [0.25, 0.3) is 0 Å². The molecule has 0 saturated heterocycles. The second kappa shape index (κ2) is 5.39.